The first-order valence-electron chi connectivity index (χ1n) is 9.89. The molecule has 1 saturated carbocycles. The highest BCUT2D eigenvalue weighted by Crippen LogP contribution is 2.41. The number of carbonyl (C=O) groups is 1. The first kappa shape index (κ1) is 19.2. The standard InChI is InChI=1S/C24H30N2O/c1-4-24(2,3)19-10-15-23(27)18(16-19)17-25-20-11-13-22(14-12-20)26-21-8-6-5-7-9-21/h5-9,11-14,17,19,25-26H,4,10,15-16H2,1-3H3/b18-17+/t19-/m1/s1. The van der Waals surface area contributed by atoms with E-state index in [9.17, 15) is 4.79 Å². The third-order valence-electron chi connectivity index (χ3n) is 5.92. The van der Waals surface area contributed by atoms with E-state index in [4.69, 9.17) is 0 Å². The lowest BCUT2D eigenvalue weighted by atomic mass is 9.68. The molecule has 0 aromatic heterocycles. The van der Waals surface area contributed by atoms with E-state index in [2.05, 4.69) is 31.4 Å². The quantitative estimate of drug-likeness (QED) is 0.574. The Morgan fingerprint density at radius 3 is 2.30 bits per heavy atom. The Balaban J connectivity index is 1.63. The normalized spacial score (nSPS) is 19.1. The fraction of sp³-hybridized carbons (Fsp3) is 0.375. The molecule has 0 spiro atoms. The largest absolute Gasteiger partial charge is 0.361 e. The zero-order valence-electron chi connectivity index (χ0n) is 16.6. The lowest BCUT2D eigenvalue weighted by Gasteiger charge is -2.36. The molecule has 27 heavy (non-hydrogen) atoms. The van der Waals surface area contributed by atoms with E-state index in [0.29, 0.717) is 12.3 Å². The molecule has 142 valence electrons. The van der Waals surface area contributed by atoms with E-state index in [1.807, 2.05) is 60.8 Å². The van der Waals surface area contributed by atoms with Gasteiger partial charge in [0.25, 0.3) is 0 Å². The Morgan fingerprint density at radius 1 is 1.00 bits per heavy atom. The van der Waals surface area contributed by atoms with Crippen LogP contribution in [-0.2, 0) is 4.79 Å². The van der Waals surface area contributed by atoms with Crippen LogP contribution in [0.15, 0.2) is 66.4 Å². The minimum Gasteiger partial charge on any atom is -0.361 e. The van der Waals surface area contributed by atoms with Crippen LogP contribution in [0.3, 0.4) is 0 Å². The van der Waals surface area contributed by atoms with Crippen molar-refractivity contribution in [2.75, 3.05) is 10.6 Å². The molecule has 0 bridgehead atoms. The van der Waals surface area contributed by atoms with Crippen molar-refractivity contribution in [3.8, 4) is 0 Å². The highest BCUT2D eigenvalue weighted by atomic mass is 16.1. The lowest BCUT2D eigenvalue weighted by molar-refractivity contribution is -0.117. The molecule has 3 nitrogen and oxygen atoms in total. The number of anilines is 3. The fourth-order valence-electron chi connectivity index (χ4n) is 3.55. The van der Waals surface area contributed by atoms with Crippen LogP contribution in [0.4, 0.5) is 17.1 Å². The smallest absolute Gasteiger partial charge is 0.160 e. The van der Waals surface area contributed by atoms with Gasteiger partial charge in [0, 0.05) is 35.3 Å². The van der Waals surface area contributed by atoms with E-state index < -0.39 is 0 Å². The topological polar surface area (TPSA) is 41.1 Å². The van der Waals surface area contributed by atoms with Gasteiger partial charge in [-0.05, 0) is 60.6 Å². The van der Waals surface area contributed by atoms with Crippen molar-refractivity contribution in [2.24, 2.45) is 11.3 Å². The lowest BCUT2D eigenvalue weighted by Crippen LogP contribution is -2.29. The maximum Gasteiger partial charge on any atom is 0.160 e. The van der Waals surface area contributed by atoms with Crippen LogP contribution in [0.2, 0.25) is 0 Å². The van der Waals surface area contributed by atoms with Gasteiger partial charge in [0.2, 0.25) is 0 Å². The first-order chi connectivity index (χ1) is 13.0. The van der Waals surface area contributed by atoms with Crippen LogP contribution in [0, 0.1) is 11.3 Å². The van der Waals surface area contributed by atoms with Gasteiger partial charge < -0.3 is 10.6 Å². The molecule has 1 fully saturated rings. The molecule has 1 aliphatic rings. The van der Waals surface area contributed by atoms with Crippen molar-refractivity contribution in [3.05, 3.63) is 66.4 Å². The highest BCUT2D eigenvalue weighted by Gasteiger charge is 2.33. The molecule has 0 aliphatic heterocycles. The molecule has 0 radical (unpaired) electrons. The van der Waals surface area contributed by atoms with Crippen molar-refractivity contribution >= 4 is 22.8 Å². The number of ketones is 1. The Morgan fingerprint density at radius 2 is 1.63 bits per heavy atom. The number of carbonyl (C=O) groups excluding carboxylic acids is 1. The molecule has 2 N–H and O–H groups in total. The number of hydrogen-bond donors (Lipinski definition) is 2. The summed E-state index contributed by atoms with van der Waals surface area (Å²) in [6, 6.07) is 18.3. The van der Waals surface area contributed by atoms with Gasteiger partial charge in [-0.25, -0.2) is 0 Å². The van der Waals surface area contributed by atoms with Gasteiger partial charge in [-0.15, -0.1) is 0 Å². The summed E-state index contributed by atoms with van der Waals surface area (Å²) in [5.41, 5.74) is 4.31. The summed E-state index contributed by atoms with van der Waals surface area (Å²) in [5, 5.41) is 6.69. The van der Waals surface area contributed by atoms with Gasteiger partial charge in [-0.3, -0.25) is 4.79 Å². The minimum absolute atomic E-state index is 0.282. The molecule has 3 rings (SSSR count). The summed E-state index contributed by atoms with van der Waals surface area (Å²) < 4.78 is 0. The third-order valence-corrected chi connectivity index (χ3v) is 5.92. The van der Waals surface area contributed by atoms with Gasteiger partial charge >= 0.3 is 0 Å². The summed E-state index contributed by atoms with van der Waals surface area (Å²) in [5.74, 6) is 0.860. The molecule has 2 aromatic rings. The van der Waals surface area contributed by atoms with E-state index in [1.54, 1.807) is 0 Å². The van der Waals surface area contributed by atoms with Crippen LogP contribution >= 0.6 is 0 Å². The summed E-state index contributed by atoms with van der Waals surface area (Å²) >= 11 is 0. The second kappa shape index (κ2) is 8.43. The second-order valence-electron chi connectivity index (χ2n) is 8.09. The van der Waals surface area contributed by atoms with E-state index >= 15 is 0 Å². The molecule has 0 amide bonds. The van der Waals surface area contributed by atoms with E-state index in [-0.39, 0.29) is 11.2 Å². The molecule has 2 aromatic carbocycles. The van der Waals surface area contributed by atoms with Gasteiger partial charge in [-0.1, -0.05) is 45.4 Å². The maximum atomic E-state index is 12.3. The summed E-state index contributed by atoms with van der Waals surface area (Å²) in [6.45, 7) is 6.87. The number of nitrogens with one attached hydrogen (secondary N) is 2. The van der Waals surface area contributed by atoms with Crippen molar-refractivity contribution in [3.63, 3.8) is 0 Å². The molecular formula is C24H30N2O. The summed E-state index contributed by atoms with van der Waals surface area (Å²) in [4.78, 5) is 12.3. The van der Waals surface area contributed by atoms with Crippen LogP contribution in [0.1, 0.15) is 46.5 Å². The molecule has 3 heteroatoms. The van der Waals surface area contributed by atoms with Crippen LogP contribution in [0.25, 0.3) is 0 Å². The van der Waals surface area contributed by atoms with Crippen LogP contribution < -0.4 is 10.6 Å². The Bertz CT molecular complexity index is 791. The fourth-order valence-corrected chi connectivity index (χ4v) is 3.55. The number of hydrogen-bond acceptors (Lipinski definition) is 3. The average Bonchev–Trinajstić information content (AvgIpc) is 2.69. The SMILES string of the molecule is CCC(C)(C)[C@@H]1CCC(=O)/C(=C/Nc2ccc(Nc3ccccc3)cc2)C1. The number of para-hydroxylation sites is 1. The van der Waals surface area contributed by atoms with Gasteiger partial charge in [0.1, 0.15) is 0 Å². The van der Waals surface area contributed by atoms with Crippen molar-refractivity contribution in [1.82, 2.24) is 0 Å². The van der Waals surface area contributed by atoms with Crippen LogP contribution in [-0.4, -0.2) is 5.78 Å². The van der Waals surface area contributed by atoms with Gasteiger partial charge in [0.05, 0.1) is 0 Å². The molecule has 0 saturated heterocycles. The molecule has 0 heterocycles. The highest BCUT2D eigenvalue weighted by molar-refractivity contribution is 5.96. The second-order valence-corrected chi connectivity index (χ2v) is 8.09. The average molecular weight is 363 g/mol. The Hall–Kier alpha value is -2.55. The first-order valence-corrected chi connectivity index (χ1v) is 9.89. The van der Waals surface area contributed by atoms with Gasteiger partial charge in [-0.2, -0.15) is 0 Å². The zero-order valence-corrected chi connectivity index (χ0v) is 16.6. The summed E-state index contributed by atoms with van der Waals surface area (Å²) in [6.07, 6.45) is 5.61. The molecular weight excluding hydrogens is 332 g/mol. The van der Waals surface area contributed by atoms with Crippen molar-refractivity contribution < 1.29 is 4.79 Å². The third kappa shape index (κ3) is 5.00. The van der Waals surface area contributed by atoms with Crippen molar-refractivity contribution in [1.29, 1.82) is 0 Å². The molecule has 1 aliphatic carbocycles. The number of rotatable bonds is 6. The minimum atomic E-state index is 0.282. The van der Waals surface area contributed by atoms with E-state index in [0.717, 1.165) is 41.9 Å². The number of benzene rings is 2. The maximum absolute atomic E-state index is 12.3. The van der Waals surface area contributed by atoms with Crippen LogP contribution in [0.5, 0.6) is 0 Å². The summed E-state index contributed by atoms with van der Waals surface area (Å²) in [7, 11) is 0. The monoisotopic (exact) mass is 362 g/mol. The number of Topliss-reactive ketones (excluding diaryl/α,β-unsaturated/α-hetero) is 1. The predicted molar refractivity (Wildman–Crippen MR) is 114 cm³/mol. The van der Waals surface area contributed by atoms with E-state index in [1.165, 1.54) is 0 Å². The zero-order chi connectivity index (χ0) is 19.3. The van der Waals surface area contributed by atoms with Gasteiger partial charge in [0.15, 0.2) is 5.78 Å². The number of allylic oxidation sites excluding steroid dienone is 1. The Kier molecular flexibility index (Phi) is 6.00. The molecule has 1 atom stereocenters. The Labute approximate surface area is 162 Å². The molecule has 0 unspecified atom stereocenters. The predicted octanol–water partition coefficient (Wildman–Crippen LogP) is 6.53. The van der Waals surface area contributed by atoms with Crippen molar-refractivity contribution in [2.45, 2.75) is 46.5 Å².